The van der Waals surface area contributed by atoms with Gasteiger partial charge in [-0.25, -0.2) is 0 Å². The molecule has 0 spiro atoms. The number of nitrogens with one attached hydrogen (secondary N) is 3. The number of hydrogen-bond donors (Lipinski definition) is 3. The van der Waals surface area contributed by atoms with Crippen molar-refractivity contribution in [3.8, 4) is 0 Å². The van der Waals surface area contributed by atoms with Crippen LogP contribution in [0.1, 0.15) is 16.7 Å². The zero-order chi connectivity index (χ0) is 28.7. The van der Waals surface area contributed by atoms with Gasteiger partial charge in [-0.15, -0.1) is 0 Å². The molecule has 3 N–H and O–H groups in total. The van der Waals surface area contributed by atoms with Gasteiger partial charge in [-0.1, -0.05) is 54.6 Å². The van der Waals surface area contributed by atoms with Gasteiger partial charge < -0.3 is 16.0 Å². The van der Waals surface area contributed by atoms with Crippen molar-refractivity contribution in [2.24, 2.45) is 0 Å². The molecule has 0 aromatic heterocycles. The summed E-state index contributed by atoms with van der Waals surface area (Å²) >= 11 is 0. The van der Waals surface area contributed by atoms with E-state index in [4.69, 9.17) is 0 Å². The lowest BCUT2D eigenvalue weighted by atomic mass is 10.2. The Balaban J connectivity index is 1.51. The Morgan fingerprint density at radius 1 is 0.500 bits per heavy atom. The number of para-hydroxylation sites is 3. The molecule has 0 aliphatic rings. The minimum Gasteiger partial charge on any atom is -0.311 e. The van der Waals surface area contributed by atoms with Crippen molar-refractivity contribution in [2.75, 3.05) is 39.3 Å². The van der Waals surface area contributed by atoms with E-state index >= 15 is 0 Å². The summed E-state index contributed by atoms with van der Waals surface area (Å²) in [6.45, 7) is 4.79. The molecule has 0 aliphatic heterocycles. The molecule has 3 rings (SSSR count). The van der Waals surface area contributed by atoms with Crippen LogP contribution in [0.3, 0.4) is 0 Å². The van der Waals surface area contributed by atoms with E-state index in [-0.39, 0.29) is 17.1 Å². The van der Waals surface area contributed by atoms with Crippen molar-refractivity contribution in [1.82, 2.24) is 20.9 Å². The molecule has 0 bridgehead atoms. The minimum absolute atomic E-state index is 0.0743. The van der Waals surface area contributed by atoms with Crippen LogP contribution in [0.15, 0.2) is 72.8 Å². The average molecular weight is 552 g/mol. The summed E-state index contributed by atoms with van der Waals surface area (Å²) in [5, 5.41) is 43.6. The van der Waals surface area contributed by atoms with E-state index in [0.717, 1.165) is 0 Å². The molecule has 0 saturated heterocycles. The highest BCUT2D eigenvalue weighted by atomic mass is 16.6. The average Bonchev–Trinajstić information content (AvgIpc) is 2.95. The van der Waals surface area contributed by atoms with Crippen LogP contribution in [-0.2, 0) is 19.6 Å². The highest BCUT2D eigenvalue weighted by Gasteiger charge is 2.14. The van der Waals surface area contributed by atoms with E-state index in [1.807, 2.05) is 0 Å². The van der Waals surface area contributed by atoms with E-state index in [1.54, 1.807) is 54.6 Å². The van der Waals surface area contributed by atoms with Crippen LogP contribution in [0.4, 0.5) is 17.1 Å². The molecule has 212 valence electrons. The summed E-state index contributed by atoms with van der Waals surface area (Å²) in [6.07, 6.45) is 0. The predicted molar refractivity (Wildman–Crippen MR) is 151 cm³/mol. The molecule has 0 unspecified atom stereocenters. The second-order valence-corrected chi connectivity index (χ2v) is 9.03. The van der Waals surface area contributed by atoms with Gasteiger partial charge in [0.25, 0.3) is 17.1 Å². The Bertz CT molecular complexity index is 1130. The molecule has 0 atom stereocenters. The molecule has 0 amide bonds. The van der Waals surface area contributed by atoms with Crippen LogP contribution in [0, 0.1) is 30.3 Å². The van der Waals surface area contributed by atoms with Crippen LogP contribution >= 0.6 is 0 Å². The van der Waals surface area contributed by atoms with Gasteiger partial charge in [0.1, 0.15) is 0 Å². The van der Waals surface area contributed by atoms with Crippen LogP contribution in [-0.4, -0.2) is 58.9 Å². The maximum Gasteiger partial charge on any atom is 0.273 e. The van der Waals surface area contributed by atoms with Gasteiger partial charge in [0, 0.05) is 93.8 Å². The van der Waals surface area contributed by atoms with E-state index < -0.39 is 14.8 Å². The molecule has 40 heavy (non-hydrogen) atoms. The fourth-order valence-electron chi connectivity index (χ4n) is 4.23. The predicted octanol–water partition coefficient (Wildman–Crippen LogP) is 3.38. The van der Waals surface area contributed by atoms with E-state index in [1.165, 1.54) is 18.2 Å². The molecule has 0 radical (unpaired) electrons. The molecule has 3 aromatic rings. The summed E-state index contributed by atoms with van der Waals surface area (Å²) in [4.78, 5) is 34.8. The first-order valence-electron chi connectivity index (χ1n) is 12.9. The molecule has 0 aliphatic carbocycles. The maximum absolute atomic E-state index is 11.3. The lowest BCUT2D eigenvalue weighted by Gasteiger charge is -2.23. The molecule has 13 nitrogen and oxygen atoms in total. The summed E-state index contributed by atoms with van der Waals surface area (Å²) < 4.78 is 0. The number of nitro benzene ring substituents is 3. The van der Waals surface area contributed by atoms with E-state index in [0.29, 0.717) is 75.6 Å². The molecular weight excluding hydrogens is 518 g/mol. The van der Waals surface area contributed by atoms with Crippen LogP contribution < -0.4 is 16.0 Å². The lowest BCUT2D eigenvalue weighted by molar-refractivity contribution is -0.385. The highest BCUT2D eigenvalue weighted by molar-refractivity contribution is 5.41. The van der Waals surface area contributed by atoms with Crippen molar-refractivity contribution in [3.05, 3.63) is 120 Å². The molecular formula is C27H33N7O6. The zero-order valence-electron chi connectivity index (χ0n) is 22.0. The van der Waals surface area contributed by atoms with Crippen molar-refractivity contribution in [1.29, 1.82) is 0 Å². The topological polar surface area (TPSA) is 169 Å². The monoisotopic (exact) mass is 551 g/mol. The van der Waals surface area contributed by atoms with Gasteiger partial charge in [0.05, 0.1) is 14.8 Å². The van der Waals surface area contributed by atoms with Crippen molar-refractivity contribution in [3.63, 3.8) is 0 Å². The normalized spacial score (nSPS) is 11.0. The fraction of sp³-hybridized carbons (Fsp3) is 0.333. The number of hydrogen-bond acceptors (Lipinski definition) is 10. The molecule has 3 aromatic carbocycles. The van der Waals surface area contributed by atoms with Gasteiger partial charge in [-0.05, 0) is 0 Å². The van der Waals surface area contributed by atoms with Gasteiger partial charge in [0.2, 0.25) is 0 Å². The Kier molecular flexibility index (Phi) is 12.1. The van der Waals surface area contributed by atoms with Gasteiger partial charge >= 0.3 is 0 Å². The summed E-state index contributed by atoms with van der Waals surface area (Å²) in [5.74, 6) is 0. The Morgan fingerprint density at radius 2 is 0.775 bits per heavy atom. The summed E-state index contributed by atoms with van der Waals surface area (Å²) in [6, 6.07) is 19.8. The van der Waals surface area contributed by atoms with E-state index in [2.05, 4.69) is 20.9 Å². The molecule has 0 saturated carbocycles. The SMILES string of the molecule is O=[N+]([O-])c1ccccc1CNCCN(CCNCc1ccccc1[N+](=O)[O-])CCNCc1ccccc1[N+](=O)[O-]. The van der Waals surface area contributed by atoms with Gasteiger partial charge in [-0.2, -0.15) is 0 Å². The van der Waals surface area contributed by atoms with Crippen molar-refractivity contribution in [2.45, 2.75) is 19.6 Å². The third kappa shape index (κ3) is 9.47. The number of nitro groups is 3. The first-order valence-corrected chi connectivity index (χ1v) is 12.9. The Labute approximate surface area is 231 Å². The Hall–Kier alpha value is -4.30. The van der Waals surface area contributed by atoms with Gasteiger partial charge in [-0.3, -0.25) is 35.2 Å². The number of nitrogens with zero attached hydrogens (tertiary/aromatic N) is 4. The number of rotatable bonds is 18. The highest BCUT2D eigenvalue weighted by Crippen LogP contribution is 2.18. The minimum atomic E-state index is -0.394. The zero-order valence-corrected chi connectivity index (χ0v) is 22.0. The van der Waals surface area contributed by atoms with Crippen molar-refractivity contribution >= 4 is 17.1 Å². The third-order valence-electron chi connectivity index (χ3n) is 6.33. The first kappa shape index (κ1) is 30.2. The second kappa shape index (κ2) is 16.0. The standard InChI is InChI=1S/C27H33N7O6/c35-32(36)25-10-4-1-7-22(25)19-28-13-16-31(17-14-29-20-23-8-2-5-11-26(23)33(37)38)18-15-30-21-24-9-3-6-12-27(24)34(39)40/h1-12,28-30H,13-21H2. The fourth-order valence-corrected chi connectivity index (χ4v) is 4.23. The smallest absolute Gasteiger partial charge is 0.273 e. The summed E-state index contributed by atoms with van der Waals surface area (Å²) in [7, 11) is 0. The van der Waals surface area contributed by atoms with Crippen LogP contribution in [0.5, 0.6) is 0 Å². The largest absolute Gasteiger partial charge is 0.311 e. The van der Waals surface area contributed by atoms with Crippen LogP contribution in [0.25, 0.3) is 0 Å². The Morgan fingerprint density at radius 3 is 1.05 bits per heavy atom. The summed E-state index contributed by atoms with van der Waals surface area (Å²) in [5.41, 5.74) is 2.05. The van der Waals surface area contributed by atoms with Crippen molar-refractivity contribution < 1.29 is 14.8 Å². The number of benzene rings is 3. The molecule has 13 heteroatoms. The molecule has 0 heterocycles. The third-order valence-corrected chi connectivity index (χ3v) is 6.33. The molecule has 0 fully saturated rings. The first-order chi connectivity index (χ1) is 19.4. The van der Waals surface area contributed by atoms with E-state index in [9.17, 15) is 30.3 Å². The maximum atomic E-state index is 11.3. The van der Waals surface area contributed by atoms with Gasteiger partial charge in [0.15, 0.2) is 0 Å². The lowest BCUT2D eigenvalue weighted by Crippen LogP contribution is -2.40. The quantitative estimate of drug-likeness (QED) is 0.121. The van der Waals surface area contributed by atoms with Crippen LogP contribution in [0.2, 0.25) is 0 Å². The second-order valence-electron chi connectivity index (χ2n) is 9.03.